The van der Waals surface area contributed by atoms with Gasteiger partial charge in [-0.05, 0) is 48.9 Å². The van der Waals surface area contributed by atoms with Crippen LogP contribution >= 0.6 is 0 Å². The van der Waals surface area contributed by atoms with E-state index in [-0.39, 0.29) is 23.6 Å². The minimum Gasteiger partial charge on any atom is -0.354 e. The summed E-state index contributed by atoms with van der Waals surface area (Å²) in [6.45, 7) is 9.19. The second-order valence-electron chi connectivity index (χ2n) is 11.4. The maximum Gasteiger partial charge on any atom is 0.244 e. The Balaban J connectivity index is 0.000000240. The number of hydrogen-bond acceptors (Lipinski definition) is 6. The quantitative estimate of drug-likeness (QED) is 0.273. The summed E-state index contributed by atoms with van der Waals surface area (Å²) in [5, 5.41) is 5.86. The van der Waals surface area contributed by atoms with Crippen molar-refractivity contribution >= 4 is 35.0 Å². The first-order valence-corrected chi connectivity index (χ1v) is 16.1. The molecular weight excluding hydrogens is 556 g/mol. The number of para-hydroxylation sites is 2. The third kappa shape index (κ3) is 8.24. The van der Waals surface area contributed by atoms with E-state index in [0.29, 0.717) is 38.8 Å². The molecule has 44 heavy (non-hydrogen) atoms. The lowest BCUT2D eigenvalue weighted by atomic mass is 10.1. The van der Waals surface area contributed by atoms with Gasteiger partial charge in [-0.2, -0.15) is 0 Å². The van der Waals surface area contributed by atoms with Gasteiger partial charge in [0.1, 0.15) is 12.1 Å². The Morgan fingerprint density at radius 2 is 1.05 bits per heavy atom. The normalized spacial score (nSPS) is 18.0. The van der Waals surface area contributed by atoms with Crippen LogP contribution in [-0.4, -0.2) is 60.9 Å². The molecule has 2 aromatic rings. The fourth-order valence-corrected chi connectivity index (χ4v) is 5.46. The van der Waals surface area contributed by atoms with Crippen LogP contribution in [0.5, 0.6) is 0 Å². The molecule has 0 bridgehead atoms. The van der Waals surface area contributed by atoms with Gasteiger partial charge < -0.3 is 22.1 Å². The van der Waals surface area contributed by atoms with Gasteiger partial charge in [0.05, 0.1) is 12.1 Å². The van der Waals surface area contributed by atoms with Gasteiger partial charge in [0.25, 0.3) is 0 Å². The Morgan fingerprint density at radius 1 is 0.682 bits per heavy atom. The Bertz CT molecular complexity index is 1190. The van der Waals surface area contributed by atoms with Gasteiger partial charge in [-0.25, -0.2) is 0 Å². The van der Waals surface area contributed by atoms with Crippen LogP contribution in [0, 0.1) is 0 Å². The number of fused-ring (bicyclic) bond motifs is 2. The highest BCUT2D eigenvalue weighted by molar-refractivity contribution is 6.06. The van der Waals surface area contributed by atoms with Gasteiger partial charge in [-0.15, -0.1) is 0 Å². The Labute approximate surface area is 261 Å². The van der Waals surface area contributed by atoms with Gasteiger partial charge in [0.2, 0.25) is 23.6 Å². The fraction of sp³-hybridized carbons (Fsp3) is 0.529. The van der Waals surface area contributed by atoms with Crippen LogP contribution in [0.2, 0.25) is 0 Å². The molecule has 10 heteroatoms. The van der Waals surface area contributed by atoms with Crippen LogP contribution in [0.25, 0.3) is 0 Å². The number of hydrogen-bond donors (Lipinski definition) is 4. The first kappa shape index (κ1) is 34.7. The predicted molar refractivity (Wildman–Crippen MR) is 175 cm³/mol. The molecule has 4 amide bonds. The Kier molecular flexibility index (Phi) is 13.4. The van der Waals surface area contributed by atoms with E-state index in [1.165, 1.54) is 0 Å². The fourth-order valence-electron chi connectivity index (χ4n) is 5.46. The number of unbranched alkanes of at least 4 members (excludes halogenated alkanes) is 2. The van der Waals surface area contributed by atoms with Gasteiger partial charge in [-0.1, -0.05) is 76.9 Å². The van der Waals surface area contributed by atoms with Crippen molar-refractivity contribution in [1.29, 1.82) is 0 Å². The lowest BCUT2D eigenvalue weighted by molar-refractivity contribution is -0.126. The van der Waals surface area contributed by atoms with Crippen molar-refractivity contribution in [2.45, 2.75) is 103 Å². The number of nitrogens with zero attached hydrogens (tertiary/aromatic N) is 2. The summed E-state index contributed by atoms with van der Waals surface area (Å²) in [6.07, 6.45) is 6.14. The molecule has 0 radical (unpaired) electrons. The molecule has 10 nitrogen and oxygen atoms in total. The maximum atomic E-state index is 12.6. The van der Waals surface area contributed by atoms with Crippen LogP contribution in [0.1, 0.15) is 77.3 Å². The molecule has 2 aliphatic heterocycles. The zero-order valence-electron chi connectivity index (χ0n) is 26.7. The number of nitrogens with two attached hydrogens (primary N) is 2. The molecule has 4 atom stereocenters. The SMILES string of the molecule is CCCCNC(=O)[C@@H]1Cc2ccccc2N1C(=O)[C@@H](N)CC.CCCCNC(=O)[C@@H]1Cc2ccccc2N1C(=O)[C@@H](N)CC. The summed E-state index contributed by atoms with van der Waals surface area (Å²) in [7, 11) is 0. The standard InChI is InChI=1S/2C17H25N3O2/c2*1-3-5-10-19-16(21)15-11-12-8-6-7-9-14(12)20(15)17(22)13(18)4-2/h2*6-9,13,15H,3-5,10-11,18H2,1-2H3,(H,19,21)/t2*13-,15-/m00/s1. The second-order valence-corrected chi connectivity index (χ2v) is 11.4. The van der Waals surface area contributed by atoms with Gasteiger partial charge in [0.15, 0.2) is 0 Å². The maximum absolute atomic E-state index is 12.6. The van der Waals surface area contributed by atoms with Crippen molar-refractivity contribution in [3.63, 3.8) is 0 Å². The third-order valence-electron chi connectivity index (χ3n) is 8.21. The lowest BCUT2D eigenvalue weighted by Gasteiger charge is -2.27. The first-order chi connectivity index (χ1) is 21.2. The highest BCUT2D eigenvalue weighted by Gasteiger charge is 2.40. The van der Waals surface area contributed by atoms with E-state index >= 15 is 0 Å². The number of amides is 4. The van der Waals surface area contributed by atoms with E-state index in [9.17, 15) is 19.2 Å². The molecular formula is C34H50N6O4. The molecule has 4 rings (SSSR count). The summed E-state index contributed by atoms with van der Waals surface area (Å²) in [5.74, 6) is -0.547. The number of carbonyl (C=O) groups excluding carboxylic acids is 4. The molecule has 0 unspecified atom stereocenters. The summed E-state index contributed by atoms with van der Waals surface area (Å²) in [4.78, 5) is 53.3. The van der Waals surface area contributed by atoms with Crippen LogP contribution in [-0.2, 0) is 32.0 Å². The van der Waals surface area contributed by atoms with Crippen LogP contribution in [0.15, 0.2) is 48.5 Å². The highest BCUT2D eigenvalue weighted by atomic mass is 16.2. The van der Waals surface area contributed by atoms with E-state index < -0.39 is 24.2 Å². The smallest absolute Gasteiger partial charge is 0.244 e. The van der Waals surface area contributed by atoms with Gasteiger partial charge in [-0.3, -0.25) is 29.0 Å². The Hall–Kier alpha value is -3.76. The Morgan fingerprint density at radius 3 is 1.39 bits per heavy atom. The number of nitrogens with one attached hydrogen (secondary N) is 2. The molecule has 0 spiro atoms. The van der Waals surface area contributed by atoms with Crippen molar-refractivity contribution < 1.29 is 19.2 Å². The predicted octanol–water partition coefficient (Wildman–Crippen LogP) is 3.20. The van der Waals surface area contributed by atoms with E-state index in [0.717, 1.165) is 48.2 Å². The zero-order valence-corrected chi connectivity index (χ0v) is 26.7. The zero-order chi connectivity index (χ0) is 32.2. The molecule has 0 saturated carbocycles. The molecule has 240 valence electrons. The monoisotopic (exact) mass is 606 g/mol. The number of anilines is 2. The van der Waals surface area contributed by atoms with E-state index in [1.54, 1.807) is 9.80 Å². The van der Waals surface area contributed by atoms with Crippen LogP contribution < -0.4 is 31.9 Å². The lowest BCUT2D eigenvalue weighted by Crippen LogP contribution is -2.53. The minimum absolute atomic E-state index is 0.0960. The van der Waals surface area contributed by atoms with Crippen molar-refractivity contribution in [1.82, 2.24) is 10.6 Å². The number of carbonyl (C=O) groups is 4. The molecule has 2 heterocycles. The summed E-state index contributed by atoms with van der Waals surface area (Å²) >= 11 is 0. The molecule has 0 fully saturated rings. The highest BCUT2D eigenvalue weighted by Crippen LogP contribution is 2.34. The average Bonchev–Trinajstić information content (AvgIpc) is 3.63. The van der Waals surface area contributed by atoms with Crippen LogP contribution in [0.4, 0.5) is 11.4 Å². The van der Waals surface area contributed by atoms with Gasteiger partial charge in [0, 0.05) is 37.3 Å². The van der Waals surface area contributed by atoms with Crippen molar-refractivity contribution in [3.05, 3.63) is 59.7 Å². The summed E-state index contributed by atoms with van der Waals surface area (Å²) in [5.41, 5.74) is 15.5. The third-order valence-corrected chi connectivity index (χ3v) is 8.21. The van der Waals surface area contributed by atoms with Gasteiger partial charge >= 0.3 is 0 Å². The largest absolute Gasteiger partial charge is 0.354 e. The molecule has 0 aromatic heterocycles. The molecule has 0 saturated heterocycles. The van der Waals surface area contributed by atoms with Crippen molar-refractivity contribution in [2.24, 2.45) is 11.5 Å². The second kappa shape index (κ2) is 16.9. The van der Waals surface area contributed by atoms with E-state index in [1.807, 2.05) is 62.4 Å². The van der Waals surface area contributed by atoms with Crippen molar-refractivity contribution in [3.8, 4) is 0 Å². The van der Waals surface area contributed by atoms with E-state index in [2.05, 4.69) is 24.5 Å². The molecule has 2 aromatic carbocycles. The molecule has 0 aliphatic carbocycles. The molecule has 2 aliphatic rings. The average molecular weight is 607 g/mol. The molecule has 6 N–H and O–H groups in total. The first-order valence-electron chi connectivity index (χ1n) is 16.1. The number of rotatable bonds is 12. The van der Waals surface area contributed by atoms with Crippen molar-refractivity contribution in [2.75, 3.05) is 22.9 Å². The number of benzene rings is 2. The summed E-state index contributed by atoms with van der Waals surface area (Å²) < 4.78 is 0. The minimum atomic E-state index is -0.572. The topological polar surface area (TPSA) is 151 Å². The van der Waals surface area contributed by atoms with E-state index in [4.69, 9.17) is 11.5 Å². The summed E-state index contributed by atoms with van der Waals surface area (Å²) in [6, 6.07) is 13.2. The van der Waals surface area contributed by atoms with Crippen LogP contribution in [0.3, 0.4) is 0 Å².